The fourth-order valence-corrected chi connectivity index (χ4v) is 3.59. The van der Waals surface area contributed by atoms with Gasteiger partial charge in [0.15, 0.2) is 0 Å². The maximum atomic E-state index is 12.7. The predicted molar refractivity (Wildman–Crippen MR) is 89.7 cm³/mol. The number of halogens is 3. The molecule has 1 aliphatic carbocycles. The van der Waals surface area contributed by atoms with Crippen molar-refractivity contribution in [2.24, 2.45) is 5.92 Å². The van der Waals surface area contributed by atoms with Crippen molar-refractivity contribution in [2.75, 3.05) is 19.8 Å². The molecule has 0 aromatic carbocycles. The third-order valence-electron chi connectivity index (χ3n) is 5.12. The molecular weight excluding hydrogens is 367 g/mol. The van der Waals surface area contributed by atoms with Crippen LogP contribution in [0.1, 0.15) is 46.0 Å². The predicted octanol–water partition coefficient (Wildman–Crippen LogP) is 1.96. The number of alkyl halides is 3. The molecule has 154 valence electrons. The van der Waals surface area contributed by atoms with Crippen LogP contribution in [0.15, 0.2) is 0 Å². The van der Waals surface area contributed by atoms with Crippen molar-refractivity contribution >= 4 is 17.8 Å². The molecule has 1 saturated heterocycles. The van der Waals surface area contributed by atoms with Gasteiger partial charge in [0.1, 0.15) is 18.7 Å². The average Bonchev–Trinajstić information content (AvgIpc) is 2.78. The van der Waals surface area contributed by atoms with Gasteiger partial charge in [-0.05, 0) is 38.5 Å². The second-order valence-corrected chi connectivity index (χ2v) is 7.35. The fraction of sp³-hybridized carbons (Fsp3) is 0.824. The Balaban J connectivity index is 1.83. The molecule has 1 atom stereocenters. The van der Waals surface area contributed by atoms with Crippen LogP contribution in [-0.4, -0.2) is 60.3 Å². The van der Waals surface area contributed by atoms with E-state index in [9.17, 15) is 27.6 Å². The zero-order valence-electron chi connectivity index (χ0n) is 15.5. The van der Waals surface area contributed by atoms with Crippen LogP contribution in [0.25, 0.3) is 0 Å². The van der Waals surface area contributed by atoms with E-state index in [1.807, 2.05) is 0 Å². The van der Waals surface area contributed by atoms with Crippen LogP contribution in [0, 0.1) is 5.92 Å². The van der Waals surface area contributed by atoms with Gasteiger partial charge in [0.25, 0.3) is 5.91 Å². The number of nitrogens with one attached hydrogen (secondary N) is 2. The van der Waals surface area contributed by atoms with E-state index < -0.39 is 48.8 Å². The Morgan fingerprint density at radius 2 is 2.00 bits per heavy atom. The van der Waals surface area contributed by atoms with Crippen LogP contribution in [0.4, 0.5) is 18.0 Å². The first kappa shape index (κ1) is 21.5. The Morgan fingerprint density at radius 1 is 1.37 bits per heavy atom. The van der Waals surface area contributed by atoms with Gasteiger partial charge in [0.05, 0.1) is 6.61 Å². The van der Waals surface area contributed by atoms with E-state index in [0.29, 0.717) is 18.8 Å². The number of nitrogens with zero attached hydrogens (tertiary/aromatic N) is 1. The summed E-state index contributed by atoms with van der Waals surface area (Å²) >= 11 is 0. The van der Waals surface area contributed by atoms with E-state index in [0.717, 1.165) is 24.2 Å². The van der Waals surface area contributed by atoms with Crippen LogP contribution in [-0.2, 0) is 14.3 Å². The molecule has 27 heavy (non-hydrogen) atoms. The number of amides is 4. The van der Waals surface area contributed by atoms with Gasteiger partial charge in [-0.1, -0.05) is 13.3 Å². The zero-order valence-corrected chi connectivity index (χ0v) is 15.5. The van der Waals surface area contributed by atoms with Gasteiger partial charge in [0.2, 0.25) is 5.91 Å². The molecular formula is C17H26F3N3O4. The number of carbonyl (C=O) groups excluding carboxylic acids is 3. The molecule has 2 rings (SSSR count). The Hall–Kier alpha value is -1.84. The number of hydrogen-bond donors (Lipinski definition) is 2. The van der Waals surface area contributed by atoms with Crippen molar-refractivity contribution in [3.63, 3.8) is 0 Å². The molecule has 2 fully saturated rings. The van der Waals surface area contributed by atoms with Gasteiger partial charge < -0.3 is 15.4 Å². The summed E-state index contributed by atoms with van der Waals surface area (Å²) in [4.78, 5) is 37.8. The number of imide groups is 1. The van der Waals surface area contributed by atoms with E-state index in [4.69, 9.17) is 0 Å². The maximum absolute atomic E-state index is 12.7. The van der Waals surface area contributed by atoms with Crippen molar-refractivity contribution in [2.45, 2.75) is 63.7 Å². The highest BCUT2D eigenvalue weighted by Gasteiger charge is 2.52. The lowest BCUT2D eigenvalue weighted by molar-refractivity contribution is -0.175. The van der Waals surface area contributed by atoms with Gasteiger partial charge >= 0.3 is 12.2 Å². The zero-order chi connectivity index (χ0) is 20.2. The number of hydrogen-bond acceptors (Lipinski definition) is 4. The van der Waals surface area contributed by atoms with Gasteiger partial charge in [-0.2, -0.15) is 13.2 Å². The van der Waals surface area contributed by atoms with Gasteiger partial charge in [-0.3, -0.25) is 14.5 Å². The molecule has 7 nitrogen and oxygen atoms in total. The first-order valence-electron chi connectivity index (χ1n) is 9.14. The summed E-state index contributed by atoms with van der Waals surface area (Å²) in [6.45, 7) is 1.38. The monoisotopic (exact) mass is 393 g/mol. The number of ether oxygens (including phenoxy) is 1. The minimum atomic E-state index is -4.44. The molecule has 0 bridgehead atoms. The highest BCUT2D eigenvalue weighted by molar-refractivity contribution is 6.09. The van der Waals surface area contributed by atoms with Crippen LogP contribution < -0.4 is 10.6 Å². The normalized spacial score (nSPS) is 27.0. The third-order valence-corrected chi connectivity index (χ3v) is 5.12. The lowest BCUT2D eigenvalue weighted by atomic mass is 9.75. The number of carbonyl (C=O) groups is 3. The summed E-state index contributed by atoms with van der Waals surface area (Å²) in [5.74, 6) is -0.491. The molecule has 4 amide bonds. The summed E-state index contributed by atoms with van der Waals surface area (Å²) in [6.07, 6.45) is -0.619. The molecule has 1 spiro atoms. The maximum Gasteiger partial charge on any atom is 0.411 e. The summed E-state index contributed by atoms with van der Waals surface area (Å²) in [5, 5.41) is 5.17. The topological polar surface area (TPSA) is 87.7 Å². The first-order valence-corrected chi connectivity index (χ1v) is 9.14. The highest BCUT2D eigenvalue weighted by Crippen LogP contribution is 2.37. The molecule has 0 radical (unpaired) electrons. The van der Waals surface area contributed by atoms with Crippen LogP contribution >= 0.6 is 0 Å². The molecule has 2 aliphatic rings. The Labute approximate surface area is 156 Å². The van der Waals surface area contributed by atoms with Crippen LogP contribution in [0.5, 0.6) is 0 Å². The lowest BCUT2D eigenvalue weighted by Crippen LogP contribution is -2.50. The first-order chi connectivity index (χ1) is 12.6. The van der Waals surface area contributed by atoms with Gasteiger partial charge in [-0.15, -0.1) is 0 Å². The molecule has 10 heteroatoms. The summed E-state index contributed by atoms with van der Waals surface area (Å²) in [6, 6.07) is -1.29. The highest BCUT2D eigenvalue weighted by atomic mass is 19.4. The van der Waals surface area contributed by atoms with Crippen LogP contribution in [0.2, 0.25) is 0 Å². The van der Waals surface area contributed by atoms with E-state index in [-0.39, 0.29) is 6.61 Å². The molecule has 2 N–H and O–H groups in total. The second kappa shape index (κ2) is 8.45. The summed E-state index contributed by atoms with van der Waals surface area (Å²) in [5.41, 5.74) is -0.926. The number of rotatable bonds is 7. The smallest absolute Gasteiger partial charge is 0.370 e. The lowest BCUT2D eigenvalue weighted by Gasteiger charge is -2.34. The van der Waals surface area contributed by atoms with E-state index in [1.54, 1.807) is 0 Å². The third kappa shape index (κ3) is 5.57. The SMILES string of the molecule is CCC1CCC2(CC1)NC(=O)N(CC(=O)NC(C)COCC(F)(F)F)C2=O. The van der Waals surface area contributed by atoms with Crippen molar-refractivity contribution < 1.29 is 32.3 Å². The molecule has 1 unspecified atom stereocenters. The summed E-state index contributed by atoms with van der Waals surface area (Å²) < 4.78 is 40.6. The van der Waals surface area contributed by atoms with Crippen molar-refractivity contribution in [3.8, 4) is 0 Å². The van der Waals surface area contributed by atoms with E-state index >= 15 is 0 Å². The van der Waals surface area contributed by atoms with E-state index in [1.165, 1.54) is 6.92 Å². The minimum Gasteiger partial charge on any atom is -0.370 e. The average molecular weight is 393 g/mol. The van der Waals surface area contributed by atoms with E-state index in [2.05, 4.69) is 22.3 Å². The molecule has 0 aromatic rings. The largest absolute Gasteiger partial charge is 0.411 e. The molecule has 1 aliphatic heterocycles. The Kier molecular flexibility index (Phi) is 6.72. The summed E-state index contributed by atoms with van der Waals surface area (Å²) in [7, 11) is 0. The number of urea groups is 1. The van der Waals surface area contributed by atoms with Gasteiger partial charge in [0, 0.05) is 6.04 Å². The molecule has 1 heterocycles. The standard InChI is InChI=1S/C17H26F3N3O4/c1-3-12-4-6-16(7-5-12)14(25)23(15(26)22-16)8-13(24)21-11(2)9-27-10-17(18,19)20/h11-12H,3-10H2,1-2H3,(H,21,24)(H,22,26). The minimum absolute atomic E-state index is 0.326. The molecule has 1 saturated carbocycles. The quantitative estimate of drug-likeness (QED) is 0.648. The van der Waals surface area contributed by atoms with Crippen molar-refractivity contribution in [3.05, 3.63) is 0 Å². The fourth-order valence-electron chi connectivity index (χ4n) is 3.59. The van der Waals surface area contributed by atoms with Crippen LogP contribution in [0.3, 0.4) is 0 Å². The second-order valence-electron chi connectivity index (χ2n) is 7.35. The Morgan fingerprint density at radius 3 is 2.56 bits per heavy atom. The Bertz CT molecular complexity index is 574. The van der Waals surface area contributed by atoms with Crippen molar-refractivity contribution in [1.82, 2.24) is 15.5 Å². The molecule has 0 aromatic heterocycles. The van der Waals surface area contributed by atoms with Gasteiger partial charge in [-0.25, -0.2) is 4.79 Å². The van der Waals surface area contributed by atoms with Crippen molar-refractivity contribution in [1.29, 1.82) is 0 Å².